The summed E-state index contributed by atoms with van der Waals surface area (Å²) in [6.07, 6.45) is 1.02. The van der Waals surface area contributed by atoms with Gasteiger partial charge in [0.1, 0.15) is 0 Å². The van der Waals surface area contributed by atoms with Crippen LogP contribution in [-0.2, 0) is 6.42 Å². The molecule has 5 rings (SSSR count). The Bertz CT molecular complexity index is 1340. The van der Waals surface area contributed by atoms with Crippen molar-refractivity contribution in [2.24, 2.45) is 5.92 Å². The SMILES string of the molecule is Cc1cc(N2CC(CNC(C)c3cccc4ccccc34)Cc3ccccc32)ccc1C(=O)O. The molecule has 1 aliphatic heterocycles. The van der Waals surface area contributed by atoms with E-state index in [-0.39, 0.29) is 6.04 Å². The molecule has 0 saturated carbocycles. The highest BCUT2D eigenvalue weighted by molar-refractivity contribution is 5.90. The Morgan fingerprint density at radius 2 is 1.79 bits per heavy atom. The van der Waals surface area contributed by atoms with Gasteiger partial charge in [0, 0.05) is 30.5 Å². The second-order valence-electron chi connectivity index (χ2n) is 9.31. The Balaban J connectivity index is 1.37. The van der Waals surface area contributed by atoms with Crippen LogP contribution >= 0.6 is 0 Å². The summed E-state index contributed by atoms with van der Waals surface area (Å²) in [6.45, 7) is 5.90. The van der Waals surface area contributed by atoms with Crippen LogP contribution in [-0.4, -0.2) is 24.2 Å². The highest BCUT2D eigenvalue weighted by Crippen LogP contribution is 2.36. The summed E-state index contributed by atoms with van der Waals surface area (Å²) in [5, 5.41) is 15.8. The number of hydrogen-bond donors (Lipinski definition) is 2. The highest BCUT2D eigenvalue weighted by Gasteiger charge is 2.26. The molecule has 1 aliphatic rings. The number of carbonyl (C=O) groups is 1. The molecule has 0 amide bonds. The molecule has 0 spiro atoms. The van der Waals surface area contributed by atoms with Crippen LogP contribution in [0.5, 0.6) is 0 Å². The molecule has 0 aromatic heterocycles. The fourth-order valence-corrected chi connectivity index (χ4v) is 5.20. The zero-order chi connectivity index (χ0) is 23.7. The van der Waals surface area contributed by atoms with E-state index >= 15 is 0 Å². The maximum absolute atomic E-state index is 11.5. The third-order valence-electron chi connectivity index (χ3n) is 6.99. The number of benzene rings is 4. The summed E-state index contributed by atoms with van der Waals surface area (Å²) in [5.74, 6) is -0.445. The minimum Gasteiger partial charge on any atom is -0.478 e. The van der Waals surface area contributed by atoms with E-state index in [1.165, 1.54) is 27.6 Å². The van der Waals surface area contributed by atoms with Gasteiger partial charge in [-0.2, -0.15) is 0 Å². The molecule has 4 heteroatoms. The van der Waals surface area contributed by atoms with Crippen LogP contribution in [0, 0.1) is 12.8 Å². The van der Waals surface area contributed by atoms with Crippen molar-refractivity contribution in [1.82, 2.24) is 5.32 Å². The van der Waals surface area contributed by atoms with E-state index in [1.807, 2.05) is 19.1 Å². The average Bonchev–Trinajstić information content (AvgIpc) is 2.86. The van der Waals surface area contributed by atoms with Crippen LogP contribution in [0.3, 0.4) is 0 Å². The van der Waals surface area contributed by atoms with E-state index in [0.29, 0.717) is 11.5 Å². The fraction of sp³-hybridized carbons (Fsp3) is 0.233. The highest BCUT2D eigenvalue weighted by atomic mass is 16.4. The van der Waals surface area contributed by atoms with Gasteiger partial charge in [-0.3, -0.25) is 0 Å². The molecule has 172 valence electrons. The van der Waals surface area contributed by atoms with Crippen LogP contribution in [0.15, 0.2) is 84.9 Å². The molecule has 4 nitrogen and oxygen atoms in total. The summed E-state index contributed by atoms with van der Waals surface area (Å²) in [4.78, 5) is 13.8. The molecule has 0 fully saturated rings. The largest absolute Gasteiger partial charge is 0.478 e. The molecule has 0 bridgehead atoms. The predicted octanol–water partition coefficient (Wildman–Crippen LogP) is 6.51. The van der Waals surface area contributed by atoms with Crippen molar-refractivity contribution in [2.45, 2.75) is 26.3 Å². The van der Waals surface area contributed by atoms with Gasteiger partial charge in [-0.25, -0.2) is 4.79 Å². The Morgan fingerprint density at radius 3 is 2.62 bits per heavy atom. The third kappa shape index (κ3) is 4.29. The zero-order valence-corrected chi connectivity index (χ0v) is 19.7. The number of nitrogens with zero attached hydrogens (tertiary/aromatic N) is 1. The quantitative estimate of drug-likeness (QED) is 0.352. The van der Waals surface area contributed by atoms with Gasteiger partial charge in [-0.15, -0.1) is 0 Å². The lowest BCUT2D eigenvalue weighted by Crippen LogP contribution is -2.38. The number of para-hydroxylation sites is 1. The molecular weight excluding hydrogens is 420 g/mol. The number of aryl methyl sites for hydroxylation is 1. The summed E-state index contributed by atoms with van der Waals surface area (Å²) >= 11 is 0. The van der Waals surface area contributed by atoms with Gasteiger partial charge in [0.25, 0.3) is 0 Å². The number of hydrogen-bond acceptors (Lipinski definition) is 3. The number of rotatable bonds is 6. The van der Waals surface area contributed by atoms with Crippen molar-refractivity contribution >= 4 is 28.1 Å². The lowest BCUT2D eigenvalue weighted by atomic mass is 9.91. The van der Waals surface area contributed by atoms with Gasteiger partial charge < -0.3 is 15.3 Å². The van der Waals surface area contributed by atoms with E-state index in [2.05, 4.69) is 83.9 Å². The number of aromatic carboxylic acids is 1. The van der Waals surface area contributed by atoms with Crippen LogP contribution < -0.4 is 10.2 Å². The first-order valence-electron chi connectivity index (χ1n) is 11.9. The monoisotopic (exact) mass is 450 g/mol. The molecule has 0 radical (unpaired) electrons. The van der Waals surface area contributed by atoms with Gasteiger partial charge in [0.15, 0.2) is 0 Å². The molecule has 34 heavy (non-hydrogen) atoms. The lowest BCUT2D eigenvalue weighted by molar-refractivity contribution is 0.0696. The molecule has 2 N–H and O–H groups in total. The smallest absolute Gasteiger partial charge is 0.335 e. The second kappa shape index (κ2) is 9.32. The minimum atomic E-state index is -0.882. The standard InChI is InChI=1S/C30H30N2O2/c1-20-16-25(14-15-26(20)30(33)34)32-19-22(17-24-9-4-6-13-29(24)32)18-31-21(2)27-12-7-10-23-8-3-5-11-28(23)27/h3-16,21-22,31H,17-19H2,1-2H3,(H,33,34). The molecule has 4 aromatic rings. The zero-order valence-electron chi connectivity index (χ0n) is 19.7. The van der Waals surface area contributed by atoms with E-state index in [4.69, 9.17) is 0 Å². The third-order valence-corrected chi connectivity index (χ3v) is 6.99. The molecule has 0 aliphatic carbocycles. The first kappa shape index (κ1) is 22.2. The van der Waals surface area contributed by atoms with E-state index in [0.717, 1.165) is 30.8 Å². The van der Waals surface area contributed by atoms with E-state index < -0.39 is 5.97 Å². The topological polar surface area (TPSA) is 52.6 Å². The maximum atomic E-state index is 11.5. The normalized spacial score (nSPS) is 16.3. The minimum absolute atomic E-state index is 0.244. The van der Waals surface area contributed by atoms with Gasteiger partial charge in [0.05, 0.1) is 5.56 Å². The number of carboxylic acids is 1. The van der Waals surface area contributed by atoms with Crippen molar-refractivity contribution in [3.05, 3.63) is 107 Å². The van der Waals surface area contributed by atoms with Crippen molar-refractivity contribution in [1.29, 1.82) is 0 Å². The number of anilines is 2. The van der Waals surface area contributed by atoms with Crippen LogP contribution in [0.1, 0.15) is 40.0 Å². The van der Waals surface area contributed by atoms with Crippen molar-refractivity contribution in [3.63, 3.8) is 0 Å². The van der Waals surface area contributed by atoms with E-state index in [1.54, 1.807) is 6.07 Å². The molecule has 4 aromatic carbocycles. The van der Waals surface area contributed by atoms with Gasteiger partial charge in [-0.05, 0) is 77.9 Å². The van der Waals surface area contributed by atoms with Crippen LogP contribution in [0.2, 0.25) is 0 Å². The van der Waals surface area contributed by atoms with Crippen LogP contribution in [0.4, 0.5) is 11.4 Å². The number of carboxylic acid groups (broad SMARTS) is 1. The first-order valence-corrected chi connectivity index (χ1v) is 11.9. The molecule has 2 atom stereocenters. The lowest BCUT2D eigenvalue weighted by Gasteiger charge is -2.37. The first-order chi connectivity index (χ1) is 16.5. The Kier molecular flexibility index (Phi) is 6.08. The summed E-state index contributed by atoms with van der Waals surface area (Å²) in [7, 11) is 0. The summed E-state index contributed by atoms with van der Waals surface area (Å²) < 4.78 is 0. The van der Waals surface area contributed by atoms with E-state index in [9.17, 15) is 9.90 Å². The maximum Gasteiger partial charge on any atom is 0.335 e. The van der Waals surface area contributed by atoms with Crippen LogP contribution in [0.25, 0.3) is 10.8 Å². The number of nitrogens with one attached hydrogen (secondary N) is 1. The molecule has 2 unspecified atom stereocenters. The summed E-state index contributed by atoms with van der Waals surface area (Å²) in [5.41, 5.74) is 6.05. The molecule has 0 saturated heterocycles. The van der Waals surface area contributed by atoms with Crippen molar-refractivity contribution < 1.29 is 9.90 Å². The Labute approximate surface area is 200 Å². The number of fused-ring (bicyclic) bond motifs is 2. The van der Waals surface area contributed by atoms with Gasteiger partial charge in [-0.1, -0.05) is 60.7 Å². The predicted molar refractivity (Wildman–Crippen MR) is 139 cm³/mol. The summed E-state index contributed by atoms with van der Waals surface area (Å²) in [6, 6.07) is 29.5. The van der Waals surface area contributed by atoms with Gasteiger partial charge >= 0.3 is 5.97 Å². The molecular formula is C30H30N2O2. The van der Waals surface area contributed by atoms with Gasteiger partial charge in [0.2, 0.25) is 0 Å². The average molecular weight is 451 g/mol. The molecule has 1 heterocycles. The van der Waals surface area contributed by atoms with Crippen molar-refractivity contribution in [3.8, 4) is 0 Å². The Hall–Kier alpha value is -3.63. The second-order valence-corrected chi connectivity index (χ2v) is 9.31. The van der Waals surface area contributed by atoms with Crippen molar-refractivity contribution in [2.75, 3.05) is 18.0 Å². The Morgan fingerprint density at radius 1 is 1.03 bits per heavy atom. The fourth-order valence-electron chi connectivity index (χ4n) is 5.20.